The van der Waals surface area contributed by atoms with Crippen LogP contribution in [0.5, 0.6) is 0 Å². The van der Waals surface area contributed by atoms with Crippen LogP contribution in [0.15, 0.2) is 0 Å². The molecule has 0 aliphatic rings. The number of halogens is 1. The molecule has 17 heavy (non-hydrogen) atoms. The van der Waals surface area contributed by atoms with Crippen LogP contribution < -0.4 is 12.4 Å². The standard InChI is InChI=1S/C13H30N.CH4O.ClH/c1-5-8-11-14(4,12-9-6-2)13-10-7-3;1-2;/h5-13H2,1-4H3;2H,1H3;1H/q+1;;/p-1. The minimum absolute atomic E-state index is 0. The van der Waals surface area contributed by atoms with Crippen molar-refractivity contribution in [2.75, 3.05) is 33.8 Å². The van der Waals surface area contributed by atoms with Gasteiger partial charge in [-0.1, -0.05) is 40.0 Å². The molecule has 0 heterocycles. The van der Waals surface area contributed by atoms with Crippen LogP contribution in [0.1, 0.15) is 59.3 Å². The first-order valence-corrected chi connectivity index (χ1v) is 6.96. The van der Waals surface area contributed by atoms with E-state index in [4.69, 9.17) is 5.11 Å². The molecular weight excluding hydrogens is 234 g/mol. The molecule has 0 radical (unpaired) electrons. The molecule has 0 fully saturated rings. The normalized spacial score (nSPS) is 10.2. The molecule has 0 rings (SSSR count). The summed E-state index contributed by atoms with van der Waals surface area (Å²) in [5.74, 6) is 0. The third-order valence-electron chi connectivity index (χ3n) is 3.15. The summed E-state index contributed by atoms with van der Waals surface area (Å²) in [7, 11) is 3.45. The van der Waals surface area contributed by atoms with E-state index in [-0.39, 0.29) is 12.4 Å². The lowest BCUT2D eigenvalue weighted by Crippen LogP contribution is -3.00. The first kappa shape index (κ1) is 22.4. The minimum atomic E-state index is 0. The Hall–Kier alpha value is 0.210. The SMILES string of the molecule is CCCC[N+](C)(CCCC)CCCC.CO.[Cl-]. The van der Waals surface area contributed by atoms with E-state index in [1.54, 1.807) is 0 Å². The summed E-state index contributed by atoms with van der Waals surface area (Å²) in [6, 6.07) is 0. The molecule has 0 aromatic carbocycles. The van der Waals surface area contributed by atoms with Crippen molar-refractivity contribution < 1.29 is 22.0 Å². The van der Waals surface area contributed by atoms with Gasteiger partial charge in [0.25, 0.3) is 0 Å². The number of nitrogens with zero attached hydrogens (tertiary/aromatic N) is 1. The molecule has 0 aromatic rings. The van der Waals surface area contributed by atoms with Crippen LogP contribution in [0.3, 0.4) is 0 Å². The highest BCUT2D eigenvalue weighted by atomic mass is 35.5. The van der Waals surface area contributed by atoms with Crippen molar-refractivity contribution in [2.24, 2.45) is 0 Å². The summed E-state index contributed by atoms with van der Waals surface area (Å²) in [5, 5.41) is 7.00. The molecule has 0 unspecified atom stereocenters. The molecular formula is C14H34ClNO. The maximum absolute atomic E-state index is 7.00. The Bertz CT molecular complexity index is 110. The van der Waals surface area contributed by atoms with Crippen molar-refractivity contribution in [3.05, 3.63) is 0 Å². The molecule has 0 amide bonds. The van der Waals surface area contributed by atoms with Crippen LogP contribution >= 0.6 is 0 Å². The number of hydrogen-bond acceptors (Lipinski definition) is 1. The largest absolute Gasteiger partial charge is 1.00 e. The van der Waals surface area contributed by atoms with E-state index in [0.717, 1.165) is 7.11 Å². The molecule has 0 aliphatic carbocycles. The summed E-state index contributed by atoms with van der Waals surface area (Å²) >= 11 is 0. The average molecular weight is 268 g/mol. The highest BCUT2D eigenvalue weighted by molar-refractivity contribution is 4.43. The quantitative estimate of drug-likeness (QED) is 0.602. The third kappa shape index (κ3) is 14.1. The van der Waals surface area contributed by atoms with Gasteiger partial charge in [0.2, 0.25) is 0 Å². The molecule has 0 aromatic heterocycles. The van der Waals surface area contributed by atoms with E-state index in [1.165, 1.54) is 62.6 Å². The molecule has 1 N–H and O–H groups in total. The fourth-order valence-electron chi connectivity index (χ4n) is 1.95. The zero-order valence-corrected chi connectivity index (χ0v) is 13.4. The van der Waals surface area contributed by atoms with Crippen molar-refractivity contribution in [3.63, 3.8) is 0 Å². The van der Waals surface area contributed by atoms with Crippen LogP contribution in [0.4, 0.5) is 0 Å². The molecule has 0 spiro atoms. The summed E-state index contributed by atoms with van der Waals surface area (Å²) in [4.78, 5) is 0. The van der Waals surface area contributed by atoms with E-state index < -0.39 is 0 Å². The Balaban J connectivity index is -0.000000616. The third-order valence-corrected chi connectivity index (χ3v) is 3.15. The summed E-state index contributed by atoms with van der Waals surface area (Å²) < 4.78 is 1.32. The molecule has 0 aliphatic heterocycles. The number of unbranched alkanes of at least 4 members (excludes halogenated alkanes) is 3. The van der Waals surface area contributed by atoms with Crippen LogP contribution in [0, 0.1) is 0 Å². The van der Waals surface area contributed by atoms with Crippen LogP contribution in [0.2, 0.25) is 0 Å². The van der Waals surface area contributed by atoms with Gasteiger partial charge in [-0.25, -0.2) is 0 Å². The maximum Gasteiger partial charge on any atom is 0.0784 e. The first-order chi connectivity index (χ1) is 7.68. The Morgan fingerprint density at radius 1 is 0.706 bits per heavy atom. The van der Waals surface area contributed by atoms with Gasteiger partial charge in [0, 0.05) is 7.11 Å². The first-order valence-electron chi connectivity index (χ1n) is 6.96. The molecule has 0 atom stereocenters. The zero-order valence-electron chi connectivity index (χ0n) is 12.6. The van der Waals surface area contributed by atoms with Crippen molar-refractivity contribution in [1.82, 2.24) is 0 Å². The fourth-order valence-corrected chi connectivity index (χ4v) is 1.95. The van der Waals surface area contributed by atoms with Crippen molar-refractivity contribution in [1.29, 1.82) is 0 Å². The topological polar surface area (TPSA) is 20.2 Å². The predicted molar refractivity (Wildman–Crippen MR) is 73.7 cm³/mol. The summed E-state index contributed by atoms with van der Waals surface area (Å²) in [5.41, 5.74) is 0. The van der Waals surface area contributed by atoms with E-state index in [2.05, 4.69) is 27.8 Å². The summed E-state index contributed by atoms with van der Waals surface area (Å²) in [6.07, 6.45) is 8.20. The van der Waals surface area contributed by atoms with Gasteiger partial charge >= 0.3 is 0 Å². The van der Waals surface area contributed by atoms with Crippen LogP contribution in [0.25, 0.3) is 0 Å². The summed E-state index contributed by atoms with van der Waals surface area (Å²) in [6.45, 7) is 11.0. The highest BCUT2D eigenvalue weighted by Gasteiger charge is 2.18. The Kier molecular flexibility index (Phi) is 21.4. The Morgan fingerprint density at radius 3 is 1.12 bits per heavy atom. The molecule has 0 saturated carbocycles. The monoisotopic (exact) mass is 267 g/mol. The fraction of sp³-hybridized carbons (Fsp3) is 1.00. The maximum atomic E-state index is 7.00. The predicted octanol–water partition coefficient (Wildman–Crippen LogP) is 0.446. The van der Waals surface area contributed by atoms with Gasteiger partial charge in [0.05, 0.1) is 26.7 Å². The van der Waals surface area contributed by atoms with E-state index >= 15 is 0 Å². The minimum Gasteiger partial charge on any atom is -1.00 e. The lowest BCUT2D eigenvalue weighted by atomic mass is 10.2. The molecule has 2 nitrogen and oxygen atoms in total. The van der Waals surface area contributed by atoms with Crippen LogP contribution in [-0.2, 0) is 0 Å². The van der Waals surface area contributed by atoms with E-state index in [9.17, 15) is 0 Å². The molecule has 3 heteroatoms. The smallest absolute Gasteiger partial charge is 0.0784 e. The van der Waals surface area contributed by atoms with Gasteiger partial charge in [0.1, 0.15) is 0 Å². The van der Waals surface area contributed by atoms with Gasteiger partial charge < -0.3 is 22.0 Å². The lowest BCUT2D eigenvalue weighted by Gasteiger charge is -2.34. The van der Waals surface area contributed by atoms with Gasteiger partial charge in [0.15, 0.2) is 0 Å². The number of aliphatic hydroxyl groups excluding tert-OH is 1. The highest BCUT2D eigenvalue weighted by Crippen LogP contribution is 2.10. The van der Waals surface area contributed by atoms with Crippen LogP contribution in [-0.4, -0.2) is 43.4 Å². The number of aliphatic hydroxyl groups is 1. The lowest BCUT2D eigenvalue weighted by molar-refractivity contribution is -0.910. The van der Waals surface area contributed by atoms with Crippen molar-refractivity contribution >= 4 is 0 Å². The van der Waals surface area contributed by atoms with Gasteiger partial charge in [-0.05, 0) is 19.3 Å². The van der Waals surface area contributed by atoms with Gasteiger partial charge in [-0.3, -0.25) is 0 Å². The second-order valence-corrected chi connectivity index (χ2v) is 4.85. The van der Waals surface area contributed by atoms with Crippen molar-refractivity contribution in [3.8, 4) is 0 Å². The van der Waals surface area contributed by atoms with Gasteiger partial charge in [-0.2, -0.15) is 0 Å². The number of rotatable bonds is 9. The second-order valence-electron chi connectivity index (χ2n) is 4.85. The zero-order chi connectivity index (χ0) is 12.9. The number of hydrogen-bond donors (Lipinski definition) is 1. The Morgan fingerprint density at radius 2 is 0.941 bits per heavy atom. The molecule has 0 saturated heterocycles. The second kappa shape index (κ2) is 16.2. The van der Waals surface area contributed by atoms with Gasteiger partial charge in [-0.15, -0.1) is 0 Å². The average Bonchev–Trinajstić information content (AvgIpc) is 2.34. The molecule has 0 bridgehead atoms. The Labute approximate surface area is 115 Å². The number of quaternary nitrogens is 1. The van der Waals surface area contributed by atoms with E-state index in [0.29, 0.717) is 0 Å². The van der Waals surface area contributed by atoms with Crippen molar-refractivity contribution in [2.45, 2.75) is 59.3 Å². The van der Waals surface area contributed by atoms with E-state index in [1.807, 2.05) is 0 Å². The molecule has 108 valence electrons.